The highest BCUT2D eigenvalue weighted by molar-refractivity contribution is 7.16. The number of allylic oxidation sites excluding steroid dienone is 1. The highest BCUT2D eigenvalue weighted by Crippen LogP contribution is 2.65. The smallest absolute Gasteiger partial charge is 0.251 e. The number of nitrogens with zero attached hydrogens (tertiary/aromatic N) is 3. The minimum atomic E-state index is -2.08. The SMILES string of the molecule is CC1(N2c3cc(N4c5ccc(-c6ccccc6)cc5C5(C)CCCCC45C)cc4c3B3c5c(cccc5[Si](C)(C)c5cccc2c53)N4c2ccccc2)C=C2CC3CC(C1)C23. The summed E-state index contributed by atoms with van der Waals surface area (Å²) in [4.78, 5) is 8.45. The predicted octanol–water partition coefficient (Wildman–Crippen LogP) is 10.7. The topological polar surface area (TPSA) is 9.72 Å². The van der Waals surface area contributed by atoms with E-state index in [4.69, 9.17) is 0 Å². The molecular formula is C56H54BN3Si. The maximum atomic E-state index is 2.92. The van der Waals surface area contributed by atoms with Crippen LogP contribution in [0.4, 0.5) is 39.8 Å². The maximum absolute atomic E-state index is 2.92. The van der Waals surface area contributed by atoms with Crippen LogP contribution in [0.5, 0.6) is 0 Å². The molecule has 0 spiro atoms. The van der Waals surface area contributed by atoms with E-state index in [-0.39, 0.29) is 23.2 Å². The molecular weight excluding hydrogens is 754 g/mol. The zero-order valence-electron chi connectivity index (χ0n) is 36.3. The predicted molar refractivity (Wildman–Crippen MR) is 260 cm³/mol. The van der Waals surface area contributed by atoms with E-state index in [1.54, 1.807) is 26.9 Å². The van der Waals surface area contributed by atoms with E-state index in [1.807, 2.05) is 0 Å². The first-order valence-corrected chi connectivity index (χ1v) is 26.4. The van der Waals surface area contributed by atoms with E-state index in [0.29, 0.717) is 0 Å². The van der Waals surface area contributed by atoms with Crippen LogP contribution >= 0.6 is 0 Å². The molecule has 6 aromatic rings. The van der Waals surface area contributed by atoms with Crippen molar-refractivity contribution in [1.82, 2.24) is 0 Å². The van der Waals surface area contributed by atoms with Gasteiger partial charge in [0.05, 0.1) is 11.1 Å². The fourth-order valence-electron chi connectivity index (χ4n) is 15.3. The zero-order valence-corrected chi connectivity index (χ0v) is 37.3. The summed E-state index contributed by atoms with van der Waals surface area (Å²) in [7, 11) is -2.08. The van der Waals surface area contributed by atoms with Crippen LogP contribution in [0, 0.1) is 17.8 Å². The van der Waals surface area contributed by atoms with Crippen molar-refractivity contribution in [3.8, 4) is 11.1 Å². The van der Waals surface area contributed by atoms with Gasteiger partial charge in [0.15, 0.2) is 0 Å². The molecule has 14 rings (SSSR count). The van der Waals surface area contributed by atoms with Crippen molar-refractivity contribution < 1.29 is 0 Å². The Morgan fingerprint density at radius 1 is 0.590 bits per heavy atom. The van der Waals surface area contributed by atoms with Gasteiger partial charge < -0.3 is 14.7 Å². The molecule has 6 aromatic carbocycles. The summed E-state index contributed by atoms with van der Waals surface area (Å²) in [5.74, 6) is 2.58. The van der Waals surface area contributed by atoms with Crippen LogP contribution < -0.4 is 41.5 Å². The van der Waals surface area contributed by atoms with Gasteiger partial charge in [0.25, 0.3) is 6.71 Å². The van der Waals surface area contributed by atoms with Gasteiger partial charge in [-0.2, -0.15) is 0 Å². The third-order valence-electron chi connectivity index (χ3n) is 18.2. The minimum absolute atomic E-state index is 0.0136. The van der Waals surface area contributed by atoms with E-state index >= 15 is 0 Å². The summed E-state index contributed by atoms with van der Waals surface area (Å²) in [6.45, 7) is 13.3. The Kier molecular flexibility index (Phi) is 6.72. The third kappa shape index (κ3) is 4.23. The molecule has 3 saturated carbocycles. The average Bonchev–Trinajstić information content (AvgIpc) is 3.46. The van der Waals surface area contributed by atoms with E-state index in [2.05, 4.69) is 182 Å². The van der Waals surface area contributed by atoms with Gasteiger partial charge in [-0.05, 0) is 145 Å². The van der Waals surface area contributed by atoms with Crippen molar-refractivity contribution >= 4 is 81.4 Å². The van der Waals surface area contributed by atoms with Gasteiger partial charge in [-0.15, -0.1) is 0 Å². The van der Waals surface area contributed by atoms with Crippen LogP contribution in [0.25, 0.3) is 11.1 Å². The quantitative estimate of drug-likeness (QED) is 0.130. The highest BCUT2D eigenvalue weighted by Gasteiger charge is 2.61. The number of hydrogen-bond donors (Lipinski definition) is 0. The van der Waals surface area contributed by atoms with E-state index < -0.39 is 8.07 Å². The lowest BCUT2D eigenvalue weighted by atomic mass is 9.33. The fraction of sp³-hybridized carbons (Fsp3) is 0.321. The summed E-state index contributed by atoms with van der Waals surface area (Å²) < 4.78 is 0. The Bertz CT molecular complexity index is 2940. The summed E-state index contributed by atoms with van der Waals surface area (Å²) in [5.41, 5.74) is 19.9. The van der Waals surface area contributed by atoms with Gasteiger partial charge in [0.1, 0.15) is 8.07 Å². The average molecular weight is 808 g/mol. The molecule has 5 heteroatoms. The third-order valence-corrected chi connectivity index (χ3v) is 21.7. The van der Waals surface area contributed by atoms with Crippen molar-refractivity contribution in [2.45, 2.75) is 95.3 Å². The van der Waals surface area contributed by atoms with Gasteiger partial charge in [-0.1, -0.05) is 134 Å². The molecule has 0 bridgehead atoms. The zero-order chi connectivity index (χ0) is 40.8. The molecule has 0 amide bonds. The Morgan fingerprint density at radius 2 is 1.30 bits per heavy atom. The van der Waals surface area contributed by atoms with Gasteiger partial charge in [0.2, 0.25) is 0 Å². The molecule has 0 saturated heterocycles. The van der Waals surface area contributed by atoms with Crippen molar-refractivity contribution in [1.29, 1.82) is 0 Å². The van der Waals surface area contributed by atoms with Crippen LogP contribution in [0.3, 0.4) is 0 Å². The molecule has 4 aliphatic carbocycles. The van der Waals surface area contributed by atoms with Gasteiger partial charge >= 0.3 is 0 Å². The van der Waals surface area contributed by atoms with Crippen molar-refractivity contribution in [3.63, 3.8) is 0 Å². The lowest BCUT2D eigenvalue weighted by Crippen LogP contribution is -2.80. The Balaban J connectivity index is 1.08. The number of hydrogen-bond acceptors (Lipinski definition) is 3. The maximum Gasteiger partial charge on any atom is 0.251 e. The largest absolute Gasteiger partial charge is 0.334 e. The molecule has 4 aliphatic heterocycles. The molecule has 300 valence electrons. The molecule has 8 aliphatic rings. The fourth-order valence-corrected chi connectivity index (χ4v) is 18.5. The van der Waals surface area contributed by atoms with Crippen LogP contribution in [0.2, 0.25) is 13.1 Å². The first-order chi connectivity index (χ1) is 29.6. The number of para-hydroxylation sites is 1. The Labute approximate surface area is 363 Å². The normalized spacial score (nSPS) is 29.7. The van der Waals surface area contributed by atoms with E-state index in [1.165, 1.54) is 107 Å². The van der Waals surface area contributed by atoms with E-state index in [0.717, 1.165) is 17.8 Å². The summed E-state index contributed by atoms with van der Waals surface area (Å²) in [5, 5.41) is 3.23. The van der Waals surface area contributed by atoms with Gasteiger partial charge in [0, 0.05) is 45.2 Å². The second-order valence-corrected chi connectivity index (χ2v) is 25.8. The molecule has 6 unspecified atom stereocenters. The Morgan fingerprint density at radius 3 is 2.05 bits per heavy atom. The molecule has 0 radical (unpaired) electrons. The van der Waals surface area contributed by atoms with Crippen molar-refractivity contribution in [2.75, 3.05) is 14.7 Å². The monoisotopic (exact) mass is 807 g/mol. The number of benzene rings is 6. The van der Waals surface area contributed by atoms with E-state index in [9.17, 15) is 0 Å². The molecule has 3 fully saturated rings. The number of fused-ring (bicyclic) bond motifs is 3. The number of rotatable bonds is 4. The molecule has 0 N–H and O–H groups in total. The van der Waals surface area contributed by atoms with Crippen LogP contribution in [-0.4, -0.2) is 25.9 Å². The molecule has 6 atom stereocenters. The first-order valence-electron chi connectivity index (χ1n) is 23.4. The Hall–Kier alpha value is -5.26. The highest BCUT2D eigenvalue weighted by atomic mass is 28.3. The second-order valence-electron chi connectivity index (χ2n) is 21.5. The number of anilines is 7. The van der Waals surface area contributed by atoms with Gasteiger partial charge in [-0.25, -0.2) is 0 Å². The minimum Gasteiger partial charge on any atom is -0.334 e. The van der Waals surface area contributed by atoms with Crippen LogP contribution in [0.1, 0.15) is 71.3 Å². The first kappa shape index (κ1) is 35.3. The molecule has 0 aromatic heterocycles. The summed E-state index contributed by atoms with van der Waals surface area (Å²) in [6.07, 6.45) is 11.6. The second kappa shape index (κ2) is 11.6. The molecule has 4 heterocycles. The van der Waals surface area contributed by atoms with Crippen LogP contribution in [-0.2, 0) is 5.41 Å². The van der Waals surface area contributed by atoms with Crippen molar-refractivity contribution in [3.05, 3.63) is 145 Å². The summed E-state index contributed by atoms with van der Waals surface area (Å²) in [6, 6.07) is 49.9. The molecule has 3 nitrogen and oxygen atoms in total. The lowest BCUT2D eigenvalue weighted by Gasteiger charge is -2.63. The van der Waals surface area contributed by atoms with Gasteiger partial charge in [-0.3, -0.25) is 0 Å². The molecule has 61 heavy (non-hydrogen) atoms. The lowest BCUT2D eigenvalue weighted by molar-refractivity contribution is 0.00878. The summed E-state index contributed by atoms with van der Waals surface area (Å²) >= 11 is 0. The van der Waals surface area contributed by atoms with Crippen molar-refractivity contribution in [2.24, 2.45) is 17.8 Å². The standard InChI is InChI=1S/C56H54BN3Si/c1-54(33-38-28-37-29-39(34-54)50(37)38)60-45-21-15-23-49-53(45)57-51-46(58(40-18-10-7-11-19-40)44-20-14-22-48(52(44)57)61(49,4)5)31-41(32-47(51)60)59-43-25-24-36(35-16-8-6-9-17-35)30-42(43)55(2)26-12-13-27-56(55,59)3/h6-11,14-25,30-33,37,39,50H,12-13,26-29,34H2,1-5H3. The van der Waals surface area contributed by atoms with Crippen LogP contribution in [0.15, 0.2) is 139 Å².